The lowest BCUT2D eigenvalue weighted by Gasteiger charge is -2.25. The minimum atomic E-state index is -3.56. The molecule has 122 valence electrons. The largest absolute Gasteiger partial charge is 0.373 e. The van der Waals surface area contributed by atoms with E-state index in [1.54, 1.807) is 0 Å². The molecule has 0 fully saturated rings. The van der Waals surface area contributed by atoms with Crippen LogP contribution in [0.1, 0.15) is 43.9 Å². The van der Waals surface area contributed by atoms with E-state index in [9.17, 15) is 13.2 Å². The summed E-state index contributed by atoms with van der Waals surface area (Å²) in [5.41, 5.74) is 2.14. The summed E-state index contributed by atoms with van der Waals surface area (Å²) >= 11 is 0. The van der Waals surface area contributed by atoms with E-state index in [2.05, 4.69) is 4.72 Å². The Hall–Kier alpha value is -1.40. The number of hydrogen-bond donors (Lipinski definition) is 1. The van der Waals surface area contributed by atoms with Crippen molar-refractivity contribution >= 4 is 15.9 Å². The van der Waals surface area contributed by atoms with Crippen molar-refractivity contribution in [3.8, 4) is 0 Å². The molecule has 6 heteroatoms. The van der Waals surface area contributed by atoms with Crippen molar-refractivity contribution in [1.82, 2.24) is 4.72 Å². The van der Waals surface area contributed by atoms with E-state index in [4.69, 9.17) is 4.74 Å². The molecule has 1 aliphatic rings. The molecule has 0 bridgehead atoms. The summed E-state index contributed by atoms with van der Waals surface area (Å²) in [5, 5.41) is 0. The van der Waals surface area contributed by atoms with Gasteiger partial charge in [0.2, 0.25) is 15.9 Å². The number of hydrogen-bond acceptors (Lipinski definition) is 4. The average molecular weight is 325 g/mol. The summed E-state index contributed by atoms with van der Waals surface area (Å²) in [6.45, 7) is 4.45. The number of benzene rings is 1. The van der Waals surface area contributed by atoms with Gasteiger partial charge in [-0.25, -0.2) is 8.42 Å². The highest BCUT2D eigenvalue weighted by molar-refractivity contribution is 7.90. The predicted molar refractivity (Wildman–Crippen MR) is 84.8 cm³/mol. The van der Waals surface area contributed by atoms with Crippen LogP contribution in [-0.4, -0.2) is 26.7 Å². The first kappa shape index (κ1) is 17.0. The molecule has 0 spiro atoms. The van der Waals surface area contributed by atoms with E-state index in [0.717, 1.165) is 17.5 Å². The molecule has 1 aliphatic heterocycles. The molecule has 1 aromatic carbocycles. The molecular formula is C16H23NO4S. The molecule has 1 amide bonds. The Balaban J connectivity index is 1.96. The predicted octanol–water partition coefficient (Wildman–Crippen LogP) is 2.18. The van der Waals surface area contributed by atoms with Crippen LogP contribution in [0.15, 0.2) is 24.3 Å². The lowest BCUT2D eigenvalue weighted by molar-refractivity contribution is -0.122. The Morgan fingerprint density at radius 3 is 2.82 bits per heavy atom. The number of ether oxygens (including phenoxy) is 1. The van der Waals surface area contributed by atoms with Crippen LogP contribution < -0.4 is 4.72 Å². The zero-order valence-corrected chi connectivity index (χ0v) is 13.9. The summed E-state index contributed by atoms with van der Waals surface area (Å²) in [5.74, 6) is -0.260. The molecule has 1 aromatic rings. The molecule has 1 atom stereocenters. The summed E-state index contributed by atoms with van der Waals surface area (Å²) < 4.78 is 31.5. The monoisotopic (exact) mass is 325 g/mol. The van der Waals surface area contributed by atoms with Crippen molar-refractivity contribution in [1.29, 1.82) is 0 Å². The van der Waals surface area contributed by atoms with Crippen LogP contribution in [0.3, 0.4) is 0 Å². The van der Waals surface area contributed by atoms with Gasteiger partial charge in [0.25, 0.3) is 0 Å². The topological polar surface area (TPSA) is 72.5 Å². The van der Waals surface area contributed by atoms with Gasteiger partial charge < -0.3 is 4.74 Å². The van der Waals surface area contributed by atoms with Gasteiger partial charge in [-0.3, -0.25) is 9.52 Å². The maximum atomic E-state index is 12.0. The maximum Gasteiger partial charge on any atom is 0.236 e. The summed E-state index contributed by atoms with van der Waals surface area (Å²) in [7, 11) is -3.56. The van der Waals surface area contributed by atoms with Gasteiger partial charge in [-0.2, -0.15) is 0 Å². The highest BCUT2D eigenvalue weighted by atomic mass is 32.2. The van der Waals surface area contributed by atoms with Crippen molar-refractivity contribution in [2.45, 2.75) is 39.2 Å². The summed E-state index contributed by atoms with van der Waals surface area (Å²) in [4.78, 5) is 12.0. The van der Waals surface area contributed by atoms with Gasteiger partial charge in [-0.1, -0.05) is 38.1 Å². The number of sulfonamides is 1. The normalized spacial score (nSPS) is 18.0. The van der Waals surface area contributed by atoms with Crippen LogP contribution in [-0.2, 0) is 26.0 Å². The second kappa shape index (κ2) is 7.24. The molecule has 0 aromatic heterocycles. The fraction of sp³-hybridized carbons (Fsp3) is 0.562. The third kappa shape index (κ3) is 4.81. The number of carbonyl (C=O) groups is 1. The number of rotatable bonds is 6. The van der Waals surface area contributed by atoms with Crippen LogP contribution in [0.25, 0.3) is 0 Å². The minimum Gasteiger partial charge on any atom is -0.373 e. The van der Waals surface area contributed by atoms with E-state index in [1.807, 2.05) is 38.1 Å². The molecule has 1 N–H and O–H groups in total. The third-order valence-corrected chi connectivity index (χ3v) is 5.01. The maximum absolute atomic E-state index is 12.0. The van der Waals surface area contributed by atoms with E-state index in [0.29, 0.717) is 13.0 Å². The SMILES string of the molecule is CC(C)CCS(=O)(=O)NC(=O)C[C@H]1OCCc2ccccc21. The van der Waals surface area contributed by atoms with Gasteiger partial charge in [0.1, 0.15) is 0 Å². The average Bonchev–Trinajstić information content (AvgIpc) is 2.45. The Labute approximate surface area is 132 Å². The first-order valence-corrected chi connectivity index (χ1v) is 9.25. The quantitative estimate of drug-likeness (QED) is 0.870. The number of amides is 1. The van der Waals surface area contributed by atoms with E-state index in [-0.39, 0.29) is 24.2 Å². The van der Waals surface area contributed by atoms with Crippen molar-refractivity contribution in [2.75, 3.05) is 12.4 Å². The smallest absolute Gasteiger partial charge is 0.236 e. The Kier molecular flexibility index (Phi) is 5.58. The molecule has 22 heavy (non-hydrogen) atoms. The van der Waals surface area contributed by atoms with Crippen LogP contribution in [0, 0.1) is 5.92 Å². The van der Waals surface area contributed by atoms with Crippen molar-refractivity contribution < 1.29 is 17.9 Å². The lowest BCUT2D eigenvalue weighted by atomic mass is 9.96. The number of carbonyl (C=O) groups excluding carboxylic acids is 1. The highest BCUT2D eigenvalue weighted by Crippen LogP contribution is 2.29. The van der Waals surface area contributed by atoms with E-state index < -0.39 is 15.9 Å². The molecule has 5 nitrogen and oxygen atoms in total. The van der Waals surface area contributed by atoms with Gasteiger partial charge in [0, 0.05) is 0 Å². The molecule has 0 saturated heterocycles. The Bertz CT molecular complexity index is 625. The lowest BCUT2D eigenvalue weighted by Crippen LogP contribution is -2.34. The fourth-order valence-electron chi connectivity index (χ4n) is 2.47. The summed E-state index contributed by atoms with van der Waals surface area (Å²) in [6.07, 6.45) is 1.01. The van der Waals surface area contributed by atoms with Gasteiger partial charge in [-0.15, -0.1) is 0 Å². The minimum absolute atomic E-state index is 0.0257. The number of fused-ring (bicyclic) bond motifs is 1. The zero-order valence-electron chi connectivity index (χ0n) is 13.0. The van der Waals surface area contributed by atoms with Gasteiger partial charge in [-0.05, 0) is 29.9 Å². The molecule has 1 heterocycles. The van der Waals surface area contributed by atoms with Gasteiger partial charge in [0.15, 0.2) is 0 Å². The molecule has 0 unspecified atom stereocenters. The van der Waals surface area contributed by atoms with Crippen LogP contribution in [0.5, 0.6) is 0 Å². The van der Waals surface area contributed by atoms with E-state index >= 15 is 0 Å². The van der Waals surface area contributed by atoms with Crippen molar-refractivity contribution in [2.24, 2.45) is 5.92 Å². The van der Waals surface area contributed by atoms with Crippen molar-refractivity contribution in [3.05, 3.63) is 35.4 Å². The first-order valence-electron chi connectivity index (χ1n) is 7.60. The van der Waals surface area contributed by atoms with Gasteiger partial charge >= 0.3 is 0 Å². The highest BCUT2D eigenvalue weighted by Gasteiger charge is 2.25. The summed E-state index contributed by atoms with van der Waals surface area (Å²) in [6, 6.07) is 7.80. The van der Waals surface area contributed by atoms with Gasteiger partial charge in [0.05, 0.1) is 24.9 Å². The Morgan fingerprint density at radius 2 is 2.09 bits per heavy atom. The molecule has 0 radical (unpaired) electrons. The zero-order chi connectivity index (χ0) is 16.2. The Morgan fingerprint density at radius 1 is 1.36 bits per heavy atom. The van der Waals surface area contributed by atoms with Crippen LogP contribution in [0.2, 0.25) is 0 Å². The first-order chi connectivity index (χ1) is 10.4. The van der Waals surface area contributed by atoms with Crippen LogP contribution in [0.4, 0.5) is 0 Å². The van der Waals surface area contributed by atoms with E-state index in [1.165, 1.54) is 0 Å². The van der Waals surface area contributed by atoms with Crippen LogP contribution >= 0.6 is 0 Å². The molecule has 2 rings (SSSR count). The molecular weight excluding hydrogens is 302 g/mol. The van der Waals surface area contributed by atoms with Crippen molar-refractivity contribution in [3.63, 3.8) is 0 Å². The molecule has 0 aliphatic carbocycles. The molecule has 0 saturated carbocycles. The standard InChI is InChI=1S/C16H23NO4S/c1-12(2)8-10-22(19,20)17-16(18)11-15-14-6-4-3-5-13(14)7-9-21-15/h3-6,12,15H,7-11H2,1-2H3,(H,17,18)/t15-/m1/s1. The number of nitrogens with one attached hydrogen (secondary N) is 1. The fourth-order valence-corrected chi connectivity index (χ4v) is 3.79. The third-order valence-electron chi connectivity index (χ3n) is 3.70. The second-order valence-electron chi connectivity index (χ2n) is 6.04. The second-order valence-corrected chi connectivity index (χ2v) is 7.88.